The summed E-state index contributed by atoms with van der Waals surface area (Å²) in [6, 6.07) is 13.5. The minimum Gasteiger partial charge on any atom is -0.546 e. The quantitative estimate of drug-likeness (QED) is 0.310. The standard InChI is InChI=1S/3C8H6Cl2O3.Al/c3*9-5-1-2-7(6(10)3-5)13-4-8(11)12;/h3*1-3H,4H2,(H,11,12);/q;;;+3/p-3. The predicted molar refractivity (Wildman–Crippen MR) is 147 cm³/mol. The number of carboxylic acids is 3. The van der Waals surface area contributed by atoms with Gasteiger partial charge in [-0.3, -0.25) is 0 Å². The summed E-state index contributed by atoms with van der Waals surface area (Å²) in [5, 5.41) is 32.3. The van der Waals surface area contributed by atoms with Crippen LogP contribution in [0.25, 0.3) is 0 Å². The largest absolute Gasteiger partial charge is 3.00 e. The summed E-state index contributed by atoms with van der Waals surface area (Å²) >= 11 is 33.9. The number of hydrogen-bond donors (Lipinski definition) is 0. The Bertz CT molecular complexity index is 1140. The average molecular weight is 687 g/mol. The van der Waals surface area contributed by atoms with Gasteiger partial charge >= 0.3 is 17.4 Å². The van der Waals surface area contributed by atoms with Crippen molar-refractivity contribution in [3.63, 3.8) is 0 Å². The van der Waals surface area contributed by atoms with E-state index in [1.807, 2.05) is 0 Å². The number of carbonyl (C=O) groups is 3. The summed E-state index contributed by atoms with van der Waals surface area (Å²) in [6.45, 7) is -1.58. The van der Waals surface area contributed by atoms with Crippen LogP contribution >= 0.6 is 69.6 Å². The van der Waals surface area contributed by atoms with Gasteiger partial charge in [0, 0.05) is 15.1 Å². The fourth-order valence-corrected chi connectivity index (χ4v) is 3.58. The number of halogens is 6. The molecule has 210 valence electrons. The van der Waals surface area contributed by atoms with Crippen LogP contribution in [0.3, 0.4) is 0 Å². The number of carboxylic acid groups (broad SMARTS) is 3. The molecule has 0 saturated carbocycles. The molecular weight excluding hydrogens is 672 g/mol. The van der Waals surface area contributed by atoms with Crippen LogP contribution in [0, 0.1) is 0 Å². The Balaban J connectivity index is 0.000000563. The van der Waals surface area contributed by atoms with E-state index < -0.39 is 37.7 Å². The maximum atomic E-state index is 10.0. The Morgan fingerprint density at radius 2 is 0.725 bits per heavy atom. The first-order valence-corrected chi connectivity index (χ1v) is 12.4. The van der Waals surface area contributed by atoms with Crippen molar-refractivity contribution in [2.24, 2.45) is 0 Å². The predicted octanol–water partition coefficient (Wildman–Crippen LogP) is 2.99. The molecule has 9 nitrogen and oxygen atoms in total. The Morgan fingerprint density at radius 1 is 0.500 bits per heavy atom. The van der Waals surface area contributed by atoms with Gasteiger partial charge in [0.1, 0.15) is 37.1 Å². The van der Waals surface area contributed by atoms with Gasteiger partial charge in [-0.05, 0) is 54.6 Å². The van der Waals surface area contributed by atoms with Crippen LogP contribution in [0.4, 0.5) is 0 Å². The first-order valence-electron chi connectivity index (χ1n) is 10.1. The van der Waals surface area contributed by atoms with Gasteiger partial charge in [-0.15, -0.1) is 0 Å². The molecular formula is C24H15AlCl6O9. The van der Waals surface area contributed by atoms with E-state index in [0.29, 0.717) is 15.1 Å². The van der Waals surface area contributed by atoms with Crippen molar-refractivity contribution < 1.29 is 43.9 Å². The Morgan fingerprint density at radius 3 is 0.900 bits per heavy atom. The molecule has 0 bridgehead atoms. The van der Waals surface area contributed by atoms with Gasteiger partial charge < -0.3 is 43.9 Å². The molecule has 0 amide bonds. The Hall–Kier alpha value is -2.26. The molecule has 3 aromatic carbocycles. The maximum absolute atomic E-state index is 10.0. The number of aliphatic carboxylic acids is 3. The summed E-state index contributed by atoms with van der Waals surface area (Å²) in [5.74, 6) is -3.08. The summed E-state index contributed by atoms with van der Waals surface area (Å²) < 4.78 is 14.4. The van der Waals surface area contributed by atoms with Gasteiger partial charge in [0.25, 0.3) is 0 Å². The Labute approximate surface area is 269 Å². The molecule has 0 atom stereocenters. The van der Waals surface area contributed by atoms with Gasteiger partial charge in [0.2, 0.25) is 0 Å². The number of ether oxygens (including phenoxy) is 3. The van der Waals surface area contributed by atoms with Gasteiger partial charge in [0.05, 0.1) is 33.0 Å². The van der Waals surface area contributed by atoms with Crippen molar-refractivity contribution in [2.45, 2.75) is 0 Å². The molecule has 3 rings (SSSR count). The summed E-state index contributed by atoms with van der Waals surface area (Å²) in [4.78, 5) is 30.1. The second-order valence-corrected chi connectivity index (χ2v) is 9.24. The van der Waals surface area contributed by atoms with Crippen molar-refractivity contribution in [3.8, 4) is 17.2 Å². The van der Waals surface area contributed by atoms with Crippen LogP contribution in [-0.4, -0.2) is 55.1 Å². The molecule has 0 fully saturated rings. The van der Waals surface area contributed by atoms with Crippen molar-refractivity contribution in [1.29, 1.82) is 0 Å². The van der Waals surface area contributed by atoms with E-state index in [0.717, 1.165) is 0 Å². The summed E-state index contributed by atoms with van der Waals surface area (Å²) in [5.41, 5.74) is 0. The van der Waals surface area contributed by atoms with E-state index in [1.165, 1.54) is 36.4 Å². The third-order valence-electron chi connectivity index (χ3n) is 3.72. The van der Waals surface area contributed by atoms with E-state index in [2.05, 4.69) is 0 Å². The molecule has 0 saturated heterocycles. The molecule has 0 spiro atoms. The SMILES string of the molecule is O=C([O-])COc1ccc(Cl)cc1Cl.O=C([O-])COc1ccc(Cl)cc1Cl.O=C([O-])COc1ccc(Cl)cc1Cl.[Al+3]. The molecule has 0 radical (unpaired) electrons. The van der Waals surface area contributed by atoms with Gasteiger partial charge in [-0.1, -0.05) is 69.6 Å². The van der Waals surface area contributed by atoms with E-state index in [-0.39, 0.29) is 49.7 Å². The van der Waals surface area contributed by atoms with Crippen molar-refractivity contribution in [3.05, 3.63) is 84.7 Å². The average Bonchev–Trinajstić information content (AvgIpc) is 2.83. The molecule has 0 unspecified atom stereocenters. The zero-order valence-electron chi connectivity index (χ0n) is 19.8. The molecule has 16 heteroatoms. The number of rotatable bonds is 9. The first-order chi connectivity index (χ1) is 18.3. The molecule has 40 heavy (non-hydrogen) atoms. The number of benzene rings is 3. The molecule has 3 aromatic rings. The topological polar surface area (TPSA) is 148 Å². The smallest absolute Gasteiger partial charge is 0.546 e. The van der Waals surface area contributed by atoms with Crippen molar-refractivity contribution >= 4 is 105 Å². The second-order valence-electron chi connectivity index (χ2n) is 6.71. The van der Waals surface area contributed by atoms with E-state index in [4.69, 9.17) is 83.8 Å². The van der Waals surface area contributed by atoms with Gasteiger partial charge in [-0.25, -0.2) is 0 Å². The van der Waals surface area contributed by atoms with Crippen LogP contribution in [0.15, 0.2) is 54.6 Å². The van der Waals surface area contributed by atoms with Crippen LogP contribution < -0.4 is 29.5 Å². The Kier molecular flexibility index (Phi) is 18.6. The van der Waals surface area contributed by atoms with Crippen LogP contribution in [0.1, 0.15) is 0 Å². The van der Waals surface area contributed by atoms with Crippen molar-refractivity contribution in [2.75, 3.05) is 19.8 Å². The monoisotopic (exact) mass is 684 g/mol. The van der Waals surface area contributed by atoms with Crippen LogP contribution in [0.2, 0.25) is 30.1 Å². The van der Waals surface area contributed by atoms with Gasteiger partial charge in [0.15, 0.2) is 0 Å². The third kappa shape index (κ3) is 16.1. The van der Waals surface area contributed by atoms with E-state index in [9.17, 15) is 29.7 Å². The maximum Gasteiger partial charge on any atom is 3.00 e. The first kappa shape index (κ1) is 37.7. The second kappa shape index (κ2) is 19.8. The fourth-order valence-electron chi connectivity index (χ4n) is 2.19. The fraction of sp³-hybridized carbons (Fsp3) is 0.125. The molecule has 0 heterocycles. The minimum atomic E-state index is -1.30. The van der Waals surface area contributed by atoms with Crippen LogP contribution in [0.5, 0.6) is 17.2 Å². The zero-order valence-corrected chi connectivity index (χ0v) is 25.5. The number of hydrogen-bond acceptors (Lipinski definition) is 9. The summed E-state index contributed by atoms with van der Waals surface area (Å²) in [6.07, 6.45) is 0. The zero-order chi connectivity index (χ0) is 29.5. The minimum absolute atomic E-state index is 0. The number of carbonyl (C=O) groups excluding carboxylic acids is 3. The molecule has 0 N–H and O–H groups in total. The molecule has 0 aliphatic rings. The van der Waals surface area contributed by atoms with E-state index in [1.54, 1.807) is 18.2 Å². The molecule has 0 aliphatic heterocycles. The third-order valence-corrected chi connectivity index (χ3v) is 5.31. The molecule has 0 aliphatic carbocycles. The van der Waals surface area contributed by atoms with Crippen LogP contribution in [-0.2, 0) is 14.4 Å². The van der Waals surface area contributed by atoms with Gasteiger partial charge in [-0.2, -0.15) is 0 Å². The summed E-state index contributed by atoms with van der Waals surface area (Å²) in [7, 11) is 0. The molecule has 0 aromatic heterocycles. The normalized spacial score (nSPS) is 9.45. The van der Waals surface area contributed by atoms with E-state index >= 15 is 0 Å². The van der Waals surface area contributed by atoms with Crippen molar-refractivity contribution in [1.82, 2.24) is 0 Å².